The summed E-state index contributed by atoms with van der Waals surface area (Å²) in [6.07, 6.45) is 1.59. The summed E-state index contributed by atoms with van der Waals surface area (Å²) in [5, 5.41) is 7.26. The number of oxime groups is 1. The summed E-state index contributed by atoms with van der Waals surface area (Å²) in [7, 11) is 0. The predicted molar refractivity (Wildman–Crippen MR) is 108 cm³/mol. The quantitative estimate of drug-likeness (QED) is 0.609. The van der Waals surface area contributed by atoms with Gasteiger partial charge in [0.1, 0.15) is 0 Å². The maximum Gasteiger partial charge on any atom is 0.265 e. The largest absolute Gasteiger partial charge is 0.386 e. The maximum atomic E-state index is 11.9. The number of hydrogen-bond acceptors (Lipinski definition) is 5. The molecule has 7 heteroatoms. The van der Waals surface area contributed by atoms with Crippen molar-refractivity contribution in [3.05, 3.63) is 58.6 Å². The lowest BCUT2D eigenvalue weighted by Crippen LogP contribution is -2.36. The molecule has 1 N–H and O–H groups in total. The minimum absolute atomic E-state index is 0.162. The average molecular weight is 388 g/mol. The molecule has 2 aromatic carbocycles. The standard InChI is InChI=1S/C20H22ClN3O3/c1-15-12-17(21)4-7-19(15)23-20(25)14-27-22-13-16-2-5-18(6-3-16)24-8-10-26-11-9-24/h2-7,12-13H,8-11,14H2,1H3,(H,23,25). The Hall–Kier alpha value is -2.57. The molecule has 6 nitrogen and oxygen atoms in total. The van der Waals surface area contributed by atoms with Crippen molar-refractivity contribution in [3.63, 3.8) is 0 Å². The first-order valence-corrected chi connectivity index (χ1v) is 9.14. The number of carbonyl (C=O) groups is 1. The summed E-state index contributed by atoms with van der Waals surface area (Å²) in [6, 6.07) is 13.3. The molecule has 1 fully saturated rings. The van der Waals surface area contributed by atoms with Gasteiger partial charge in [-0.05, 0) is 48.4 Å². The number of rotatable bonds is 6. The highest BCUT2D eigenvalue weighted by Crippen LogP contribution is 2.19. The van der Waals surface area contributed by atoms with Gasteiger partial charge in [0.25, 0.3) is 5.91 Å². The minimum Gasteiger partial charge on any atom is -0.386 e. The van der Waals surface area contributed by atoms with Crippen molar-refractivity contribution in [2.75, 3.05) is 43.1 Å². The van der Waals surface area contributed by atoms with E-state index in [1.54, 1.807) is 24.4 Å². The number of nitrogens with zero attached hydrogens (tertiary/aromatic N) is 2. The first-order valence-electron chi connectivity index (χ1n) is 8.76. The smallest absolute Gasteiger partial charge is 0.265 e. The van der Waals surface area contributed by atoms with E-state index in [2.05, 4.69) is 15.4 Å². The van der Waals surface area contributed by atoms with Crippen LogP contribution in [-0.2, 0) is 14.4 Å². The van der Waals surface area contributed by atoms with Crippen LogP contribution < -0.4 is 10.2 Å². The van der Waals surface area contributed by atoms with E-state index in [4.69, 9.17) is 21.2 Å². The molecule has 0 bridgehead atoms. The summed E-state index contributed by atoms with van der Waals surface area (Å²) in [5.74, 6) is -0.278. The lowest BCUT2D eigenvalue weighted by Gasteiger charge is -2.28. The molecule has 0 radical (unpaired) electrons. The molecule has 1 heterocycles. The number of amides is 1. The Morgan fingerprint density at radius 1 is 1.26 bits per heavy atom. The second-order valence-corrected chi connectivity index (χ2v) is 6.64. The Morgan fingerprint density at radius 2 is 2.00 bits per heavy atom. The van der Waals surface area contributed by atoms with Crippen LogP contribution in [0.15, 0.2) is 47.6 Å². The van der Waals surface area contributed by atoms with Crippen LogP contribution >= 0.6 is 11.6 Å². The topological polar surface area (TPSA) is 63.2 Å². The fourth-order valence-corrected chi connectivity index (χ4v) is 2.97. The molecule has 2 aromatic rings. The highest BCUT2D eigenvalue weighted by atomic mass is 35.5. The summed E-state index contributed by atoms with van der Waals surface area (Å²) < 4.78 is 5.36. The molecule has 0 spiro atoms. The van der Waals surface area contributed by atoms with Crippen molar-refractivity contribution >= 4 is 35.1 Å². The van der Waals surface area contributed by atoms with Gasteiger partial charge in [-0.15, -0.1) is 0 Å². The molecule has 27 heavy (non-hydrogen) atoms. The van der Waals surface area contributed by atoms with E-state index in [0.29, 0.717) is 10.7 Å². The summed E-state index contributed by atoms with van der Waals surface area (Å²) >= 11 is 5.90. The molecule has 1 aliphatic rings. The van der Waals surface area contributed by atoms with E-state index < -0.39 is 0 Å². The Labute approximate surface area is 163 Å². The van der Waals surface area contributed by atoms with Gasteiger partial charge in [0.2, 0.25) is 0 Å². The first kappa shape index (κ1) is 19.2. The average Bonchev–Trinajstić information content (AvgIpc) is 2.69. The molecule has 3 rings (SSSR count). The second-order valence-electron chi connectivity index (χ2n) is 6.21. The van der Waals surface area contributed by atoms with Crippen LogP contribution in [0.25, 0.3) is 0 Å². The normalized spacial score (nSPS) is 14.4. The van der Waals surface area contributed by atoms with E-state index in [-0.39, 0.29) is 12.5 Å². The fourth-order valence-electron chi connectivity index (χ4n) is 2.74. The molecule has 0 atom stereocenters. The zero-order valence-corrected chi connectivity index (χ0v) is 15.9. The molecule has 1 saturated heterocycles. The van der Waals surface area contributed by atoms with Gasteiger partial charge in [-0.25, -0.2) is 0 Å². The number of carbonyl (C=O) groups excluding carboxylic acids is 1. The third kappa shape index (κ3) is 5.70. The molecule has 142 valence electrons. The zero-order valence-electron chi connectivity index (χ0n) is 15.2. The van der Waals surface area contributed by atoms with Crippen molar-refractivity contribution in [1.82, 2.24) is 0 Å². The number of benzene rings is 2. The van der Waals surface area contributed by atoms with E-state index in [0.717, 1.165) is 43.1 Å². The van der Waals surface area contributed by atoms with Crippen LogP contribution in [0.1, 0.15) is 11.1 Å². The molecule has 1 amide bonds. The Kier molecular flexibility index (Phi) is 6.68. The minimum atomic E-state index is -0.278. The highest BCUT2D eigenvalue weighted by Gasteiger charge is 2.10. The van der Waals surface area contributed by atoms with Crippen LogP contribution in [0.5, 0.6) is 0 Å². The summed E-state index contributed by atoms with van der Waals surface area (Å²) in [5.41, 5.74) is 3.66. The highest BCUT2D eigenvalue weighted by molar-refractivity contribution is 6.30. The number of halogens is 1. The number of hydrogen-bond donors (Lipinski definition) is 1. The Morgan fingerprint density at radius 3 is 2.70 bits per heavy atom. The third-order valence-corrected chi connectivity index (χ3v) is 4.44. The SMILES string of the molecule is Cc1cc(Cl)ccc1NC(=O)CON=Cc1ccc(N2CCOCC2)cc1. The third-order valence-electron chi connectivity index (χ3n) is 4.20. The molecule has 0 saturated carbocycles. The van der Waals surface area contributed by atoms with Crippen LogP contribution in [0, 0.1) is 6.92 Å². The number of aryl methyl sites for hydroxylation is 1. The predicted octanol–water partition coefficient (Wildman–Crippen LogP) is 3.47. The van der Waals surface area contributed by atoms with Gasteiger partial charge in [0, 0.05) is 29.5 Å². The fraction of sp³-hybridized carbons (Fsp3) is 0.300. The monoisotopic (exact) mass is 387 g/mol. The van der Waals surface area contributed by atoms with Crippen LogP contribution in [0.3, 0.4) is 0 Å². The number of morpholine rings is 1. The van der Waals surface area contributed by atoms with E-state index in [9.17, 15) is 4.79 Å². The molecular weight excluding hydrogens is 366 g/mol. The van der Waals surface area contributed by atoms with Crippen LogP contribution in [0.2, 0.25) is 5.02 Å². The van der Waals surface area contributed by atoms with Gasteiger partial charge in [0.15, 0.2) is 6.61 Å². The molecule has 1 aliphatic heterocycles. The second kappa shape index (κ2) is 9.39. The number of nitrogens with one attached hydrogen (secondary N) is 1. The lowest BCUT2D eigenvalue weighted by molar-refractivity contribution is -0.120. The van der Waals surface area contributed by atoms with Crippen LogP contribution in [0.4, 0.5) is 11.4 Å². The molecule has 0 aliphatic carbocycles. The van der Waals surface area contributed by atoms with Gasteiger partial charge in [0.05, 0.1) is 19.4 Å². The zero-order chi connectivity index (χ0) is 19.1. The van der Waals surface area contributed by atoms with Crippen LogP contribution in [-0.4, -0.2) is 45.0 Å². The van der Waals surface area contributed by atoms with Crippen molar-refractivity contribution in [3.8, 4) is 0 Å². The van der Waals surface area contributed by atoms with Gasteiger partial charge in [-0.1, -0.05) is 28.9 Å². The number of ether oxygens (including phenoxy) is 1. The van der Waals surface area contributed by atoms with Gasteiger partial charge in [-0.2, -0.15) is 0 Å². The van der Waals surface area contributed by atoms with E-state index >= 15 is 0 Å². The van der Waals surface area contributed by atoms with Crippen molar-refractivity contribution in [2.45, 2.75) is 6.92 Å². The number of anilines is 2. The Bertz CT molecular complexity index is 803. The molecular formula is C20H22ClN3O3. The van der Waals surface area contributed by atoms with Gasteiger partial charge >= 0.3 is 0 Å². The Balaban J connectivity index is 1.45. The van der Waals surface area contributed by atoms with Crippen molar-refractivity contribution in [2.24, 2.45) is 5.16 Å². The van der Waals surface area contributed by atoms with Gasteiger partial charge in [-0.3, -0.25) is 4.79 Å². The van der Waals surface area contributed by atoms with Crippen molar-refractivity contribution < 1.29 is 14.4 Å². The maximum absolute atomic E-state index is 11.9. The molecule has 0 unspecified atom stereocenters. The van der Waals surface area contributed by atoms with E-state index in [1.807, 2.05) is 31.2 Å². The summed E-state index contributed by atoms with van der Waals surface area (Å²) in [4.78, 5) is 19.3. The van der Waals surface area contributed by atoms with E-state index in [1.165, 1.54) is 0 Å². The lowest BCUT2D eigenvalue weighted by atomic mass is 10.2. The first-order chi connectivity index (χ1) is 13.1. The molecule has 0 aromatic heterocycles. The van der Waals surface area contributed by atoms with Crippen molar-refractivity contribution in [1.29, 1.82) is 0 Å². The summed E-state index contributed by atoms with van der Waals surface area (Å²) in [6.45, 7) is 5.03. The van der Waals surface area contributed by atoms with Gasteiger partial charge < -0.3 is 19.8 Å².